The summed E-state index contributed by atoms with van der Waals surface area (Å²) < 4.78 is 0. The second kappa shape index (κ2) is 3.64. The third kappa shape index (κ3) is 2.67. The highest BCUT2D eigenvalue weighted by Gasteiger charge is 2.25. The second-order valence-electron chi connectivity index (χ2n) is 4.11. The zero-order chi connectivity index (χ0) is 9.26. The summed E-state index contributed by atoms with van der Waals surface area (Å²) in [6, 6.07) is 0.831. The minimum atomic E-state index is 0.197. The Bertz CT molecular complexity index is 197. The van der Waals surface area contributed by atoms with Crippen LogP contribution in [0.1, 0.15) is 19.3 Å². The van der Waals surface area contributed by atoms with Crippen LogP contribution in [0.2, 0.25) is 0 Å². The van der Waals surface area contributed by atoms with Gasteiger partial charge in [0.15, 0.2) is 0 Å². The van der Waals surface area contributed by atoms with Crippen molar-refractivity contribution in [2.45, 2.75) is 31.3 Å². The highest BCUT2D eigenvalue weighted by atomic mass is 16.1. The van der Waals surface area contributed by atoms with Crippen LogP contribution < -0.4 is 11.1 Å². The molecular formula is C9H17N3O. The normalized spacial score (nSPS) is 24.1. The molecule has 2 rings (SSSR count). The first-order chi connectivity index (χ1) is 6.24. The minimum absolute atomic E-state index is 0.197. The van der Waals surface area contributed by atoms with E-state index >= 15 is 0 Å². The SMILES string of the molecule is NC1CN(CCC(=O)NC2CC2)C1. The summed E-state index contributed by atoms with van der Waals surface area (Å²) in [6.07, 6.45) is 2.96. The van der Waals surface area contributed by atoms with Gasteiger partial charge in [0, 0.05) is 38.1 Å². The van der Waals surface area contributed by atoms with E-state index in [1.807, 2.05) is 0 Å². The van der Waals surface area contributed by atoms with Crippen molar-refractivity contribution in [2.75, 3.05) is 19.6 Å². The average Bonchev–Trinajstić information content (AvgIpc) is 2.79. The molecule has 1 aliphatic carbocycles. The molecule has 1 saturated heterocycles. The molecule has 0 spiro atoms. The summed E-state index contributed by atoms with van der Waals surface area (Å²) >= 11 is 0. The molecule has 0 aromatic rings. The molecule has 2 aliphatic rings. The first-order valence-electron chi connectivity index (χ1n) is 5.01. The Kier molecular flexibility index (Phi) is 2.51. The Morgan fingerprint density at radius 3 is 2.69 bits per heavy atom. The lowest BCUT2D eigenvalue weighted by Gasteiger charge is -2.36. The van der Waals surface area contributed by atoms with Crippen LogP contribution in [0.4, 0.5) is 0 Å². The van der Waals surface area contributed by atoms with Gasteiger partial charge in [-0.1, -0.05) is 0 Å². The maximum atomic E-state index is 11.3. The van der Waals surface area contributed by atoms with Gasteiger partial charge in [-0.05, 0) is 12.8 Å². The molecule has 1 aliphatic heterocycles. The number of nitrogens with two attached hydrogens (primary N) is 1. The Labute approximate surface area is 78.5 Å². The average molecular weight is 183 g/mol. The molecule has 0 radical (unpaired) electrons. The molecule has 0 bridgehead atoms. The van der Waals surface area contributed by atoms with Crippen molar-refractivity contribution in [3.8, 4) is 0 Å². The van der Waals surface area contributed by atoms with Gasteiger partial charge < -0.3 is 11.1 Å². The van der Waals surface area contributed by atoms with Gasteiger partial charge in [0.2, 0.25) is 5.91 Å². The number of hydrogen-bond donors (Lipinski definition) is 2. The predicted octanol–water partition coefficient (Wildman–Crippen LogP) is -0.702. The molecule has 0 aromatic carbocycles. The highest BCUT2D eigenvalue weighted by molar-refractivity contribution is 5.76. The van der Waals surface area contributed by atoms with E-state index in [4.69, 9.17) is 5.73 Å². The van der Waals surface area contributed by atoms with Crippen molar-refractivity contribution in [3.05, 3.63) is 0 Å². The summed E-state index contributed by atoms with van der Waals surface area (Å²) in [5.41, 5.74) is 5.62. The zero-order valence-corrected chi connectivity index (χ0v) is 7.83. The number of carbonyl (C=O) groups excluding carboxylic acids is 1. The van der Waals surface area contributed by atoms with Gasteiger partial charge in [-0.2, -0.15) is 0 Å². The van der Waals surface area contributed by atoms with Crippen LogP contribution in [-0.2, 0) is 4.79 Å². The van der Waals surface area contributed by atoms with Crippen molar-refractivity contribution >= 4 is 5.91 Å². The van der Waals surface area contributed by atoms with Gasteiger partial charge >= 0.3 is 0 Å². The lowest BCUT2D eigenvalue weighted by atomic mass is 10.1. The van der Waals surface area contributed by atoms with Crippen molar-refractivity contribution in [1.29, 1.82) is 0 Å². The lowest BCUT2D eigenvalue weighted by molar-refractivity contribution is -0.121. The summed E-state index contributed by atoms with van der Waals surface area (Å²) in [4.78, 5) is 13.5. The molecule has 2 fully saturated rings. The van der Waals surface area contributed by atoms with Gasteiger partial charge in [-0.15, -0.1) is 0 Å². The van der Waals surface area contributed by atoms with Gasteiger partial charge in [0.25, 0.3) is 0 Å². The van der Waals surface area contributed by atoms with Gasteiger partial charge in [-0.3, -0.25) is 9.69 Å². The fourth-order valence-corrected chi connectivity index (χ4v) is 1.58. The number of amides is 1. The standard InChI is InChI=1S/C9H17N3O/c10-7-5-12(6-7)4-3-9(13)11-8-1-2-8/h7-8H,1-6,10H2,(H,11,13). The molecule has 1 heterocycles. The first kappa shape index (κ1) is 8.97. The summed E-state index contributed by atoms with van der Waals surface area (Å²) in [5.74, 6) is 0.197. The molecule has 74 valence electrons. The fourth-order valence-electron chi connectivity index (χ4n) is 1.58. The van der Waals surface area contributed by atoms with E-state index in [1.165, 1.54) is 12.8 Å². The Hall–Kier alpha value is -0.610. The van der Waals surface area contributed by atoms with Crippen molar-refractivity contribution in [3.63, 3.8) is 0 Å². The molecule has 4 heteroatoms. The highest BCUT2D eigenvalue weighted by Crippen LogP contribution is 2.18. The third-order valence-electron chi connectivity index (χ3n) is 2.58. The molecule has 0 aromatic heterocycles. The van der Waals surface area contributed by atoms with E-state index in [0.29, 0.717) is 18.5 Å². The third-order valence-corrected chi connectivity index (χ3v) is 2.58. The van der Waals surface area contributed by atoms with Crippen molar-refractivity contribution in [1.82, 2.24) is 10.2 Å². The number of nitrogens with one attached hydrogen (secondary N) is 1. The molecule has 1 amide bonds. The van der Waals surface area contributed by atoms with Crippen molar-refractivity contribution in [2.24, 2.45) is 5.73 Å². The topological polar surface area (TPSA) is 58.4 Å². The molecule has 4 nitrogen and oxygen atoms in total. The number of carbonyl (C=O) groups is 1. The monoisotopic (exact) mass is 183 g/mol. The maximum Gasteiger partial charge on any atom is 0.221 e. The van der Waals surface area contributed by atoms with Gasteiger partial charge in [-0.25, -0.2) is 0 Å². The van der Waals surface area contributed by atoms with Crippen LogP contribution in [0.5, 0.6) is 0 Å². The molecular weight excluding hydrogens is 166 g/mol. The molecule has 1 saturated carbocycles. The van der Waals surface area contributed by atoms with Crippen LogP contribution in [0, 0.1) is 0 Å². The van der Waals surface area contributed by atoms with Crippen LogP contribution >= 0.6 is 0 Å². The van der Waals surface area contributed by atoms with E-state index in [0.717, 1.165) is 19.6 Å². The summed E-state index contributed by atoms with van der Waals surface area (Å²) in [6.45, 7) is 2.78. The number of likely N-dealkylation sites (tertiary alicyclic amines) is 1. The number of hydrogen-bond acceptors (Lipinski definition) is 3. The second-order valence-corrected chi connectivity index (χ2v) is 4.11. The Balaban J connectivity index is 1.54. The molecule has 0 unspecified atom stereocenters. The van der Waals surface area contributed by atoms with E-state index in [9.17, 15) is 4.79 Å². The van der Waals surface area contributed by atoms with E-state index in [-0.39, 0.29) is 5.91 Å². The van der Waals surface area contributed by atoms with E-state index < -0.39 is 0 Å². The summed E-state index contributed by atoms with van der Waals surface area (Å²) in [7, 11) is 0. The maximum absolute atomic E-state index is 11.3. The molecule has 0 atom stereocenters. The molecule has 3 N–H and O–H groups in total. The van der Waals surface area contributed by atoms with E-state index in [2.05, 4.69) is 10.2 Å². The quantitative estimate of drug-likeness (QED) is 0.606. The van der Waals surface area contributed by atoms with Crippen LogP contribution in [0.25, 0.3) is 0 Å². The van der Waals surface area contributed by atoms with E-state index in [1.54, 1.807) is 0 Å². The first-order valence-corrected chi connectivity index (χ1v) is 5.01. The lowest BCUT2D eigenvalue weighted by Crippen LogP contribution is -2.56. The van der Waals surface area contributed by atoms with Crippen LogP contribution in [0.15, 0.2) is 0 Å². The fraction of sp³-hybridized carbons (Fsp3) is 0.889. The largest absolute Gasteiger partial charge is 0.353 e. The Morgan fingerprint density at radius 2 is 2.15 bits per heavy atom. The summed E-state index contributed by atoms with van der Waals surface area (Å²) in [5, 5.41) is 2.97. The zero-order valence-electron chi connectivity index (χ0n) is 7.83. The molecule has 13 heavy (non-hydrogen) atoms. The van der Waals surface area contributed by atoms with Gasteiger partial charge in [0.05, 0.1) is 0 Å². The van der Waals surface area contributed by atoms with Crippen molar-refractivity contribution < 1.29 is 4.79 Å². The van der Waals surface area contributed by atoms with Crippen LogP contribution in [-0.4, -0.2) is 42.5 Å². The smallest absolute Gasteiger partial charge is 0.221 e. The Morgan fingerprint density at radius 1 is 1.46 bits per heavy atom. The minimum Gasteiger partial charge on any atom is -0.353 e. The van der Waals surface area contributed by atoms with Gasteiger partial charge in [0.1, 0.15) is 0 Å². The predicted molar refractivity (Wildman–Crippen MR) is 50.2 cm³/mol. The number of rotatable bonds is 4. The van der Waals surface area contributed by atoms with Crippen LogP contribution in [0.3, 0.4) is 0 Å². The number of nitrogens with zero attached hydrogens (tertiary/aromatic N) is 1.